The summed E-state index contributed by atoms with van der Waals surface area (Å²) in [6, 6.07) is 21.5. The third-order valence-electron chi connectivity index (χ3n) is 6.40. The SMILES string of the molecule is Clc1ccc(-c2ccc(CN3CCN(c4ccc5c(n4)CCCC5)CC3)cc2)cc1. The predicted octanol–water partition coefficient (Wildman–Crippen LogP) is 5.60. The lowest BCUT2D eigenvalue weighted by molar-refractivity contribution is 0.249. The third kappa shape index (κ3) is 4.38. The zero-order valence-electron chi connectivity index (χ0n) is 17.4. The molecule has 1 aromatic heterocycles. The topological polar surface area (TPSA) is 19.4 Å². The van der Waals surface area contributed by atoms with E-state index >= 15 is 0 Å². The van der Waals surface area contributed by atoms with Gasteiger partial charge in [0.25, 0.3) is 0 Å². The molecule has 2 heterocycles. The van der Waals surface area contributed by atoms with Crippen LogP contribution in [0.2, 0.25) is 5.02 Å². The number of pyridine rings is 1. The molecule has 0 radical (unpaired) electrons. The molecule has 0 saturated carbocycles. The fraction of sp³-hybridized carbons (Fsp3) is 0.346. The van der Waals surface area contributed by atoms with Gasteiger partial charge in [0.2, 0.25) is 0 Å². The lowest BCUT2D eigenvalue weighted by Gasteiger charge is -2.36. The maximum absolute atomic E-state index is 6.00. The number of aryl methyl sites for hydroxylation is 2. The van der Waals surface area contributed by atoms with Gasteiger partial charge >= 0.3 is 0 Å². The lowest BCUT2D eigenvalue weighted by atomic mass is 9.96. The molecule has 1 saturated heterocycles. The summed E-state index contributed by atoms with van der Waals surface area (Å²) in [5, 5.41) is 0.778. The molecule has 2 aromatic carbocycles. The average molecular weight is 418 g/mol. The number of rotatable bonds is 4. The van der Waals surface area contributed by atoms with Crippen LogP contribution in [0.5, 0.6) is 0 Å². The van der Waals surface area contributed by atoms with Crippen molar-refractivity contribution in [3.05, 3.63) is 82.5 Å². The number of hydrogen-bond acceptors (Lipinski definition) is 3. The van der Waals surface area contributed by atoms with E-state index in [0.29, 0.717) is 0 Å². The van der Waals surface area contributed by atoms with Crippen molar-refractivity contribution in [2.24, 2.45) is 0 Å². The first kappa shape index (κ1) is 19.6. The number of benzene rings is 2. The van der Waals surface area contributed by atoms with Gasteiger partial charge in [-0.15, -0.1) is 0 Å². The van der Waals surface area contributed by atoms with Crippen molar-refractivity contribution in [3.8, 4) is 11.1 Å². The second-order valence-corrected chi connectivity index (χ2v) is 8.89. The first-order valence-electron chi connectivity index (χ1n) is 11.1. The smallest absolute Gasteiger partial charge is 0.128 e. The molecule has 30 heavy (non-hydrogen) atoms. The molecule has 3 aromatic rings. The van der Waals surface area contributed by atoms with Crippen LogP contribution < -0.4 is 4.90 Å². The first-order valence-corrected chi connectivity index (χ1v) is 11.4. The standard InChI is InChI=1S/C26H28ClN3/c27-24-12-9-22(10-13-24)21-7-5-20(6-8-21)19-29-15-17-30(18-16-29)26-14-11-23-3-1-2-4-25(23)28-26/h5-14H,1-4,15-19H2. The van der Waals surface area contributed by atoms with Crippen molar-refractivity contribution < 1.29 is 0 Å². The highest BCUT2D eigenvalue weighted by Gasteiger charge is 2.20. The van der Waals surface area contributed by atoms with E-state index in [1.54, 1.807) is 0 Å². The molecule has 0 spiro atoms. The van der Waals surface area contributed by atoms with Gasteiger partial charge in [-0.3, -0.25) is 4.90 Å². The van der Waals surface area contributed by atoms with Gasteiger partial charge in [-0.25, -0.2) is 4.98 Å². The molecule has 0 N–H and O–H groups in total. The van der Waals surface area contributed by atoms with Gasteiger partial charge < -0.3 is 4.90 Å². The van der Waals surface area contributed by atoms with Crippen LogP contribution in [0.25, 0.3) is 11.1 Å². The van der Waals surface area contributed by atoms with Crippen molar-refractivity contribution in [1.29, 1.82) is 0 Å². The molecule has 1 aliphatic carbocycles. The molecular formula is C26H28ClN3. The molecule has 0 atom stereocenters. The zero-order chi connectivity index (χ0) is 20.3. The van der Waals surface area contributed by atoms with Crippen LogP contribution in [-0.4, -0.2) is 36.1 Å². The Bertz CT molecular complexity index is 990. The highest BCUT2D eigenvalue weighted by atomic mass is 35.5. The van der Waals surface area contributed by atoms with E-state index in [1.165, 1.54) is 53.0 Å². The molecule has 0 amide bonds. The minimum absolute atomic E-state index is 0.778. The van der Waals surface area contributed by atoms with E-state index in [1.807, 2.05) is 12.1 Å². The summed E-state index contributed by atoms with van der Waals surface area (Å²) in [4.78, 5) is 9.99. The Labute approximate surface area is 184 Å². The summed E-state index contributed by atoms with van der Waals surface area (Å²) in [6.45, 7) is 5.27. The van der Waals surface area contributed by atoms with Gasteiger partial charge in [-0.1, -0.05) is 54.1 Å². The second kappa shape index (κ2) is 8.79. The Morgan fingerprint density at radius 2 is 1.40 bits per heavy atom. The summed E-state index contributed by atoms with van der Waals surface area (Å²) in [5.41, 5.74) is 6.61. The largest absolute Gasteiger partial charge is 0.354 e. The normalized spacial score (nSPS) is 17.0. The molecule has 1 aliphatic heterocycles. The summed E-state index contributed by atoms with van der Waals surface area (Å²) < 4.78 is 0. The van der Waals surface area contributed by atoms with E-state index in [9.17, 15) is 0 Å². The number of hydrogen-bond donors (Lipinski definition) is 0. The van der Waals surface area contributed by atoms with Gasteiger partial charge in [0, 0.05) is 43.4 Å². The summed E-state index contributed by atoms with van der Waals surface area (Å²) in [6.07, 6.45) is 4.95. The minimum atomic E-state index is 0.778. The number of anilines is 1. The van der Waals surface area contributed by atoms with E-state index < -0.39 is 0 Å². The highest BCUT2D eigenvalue weighted by molar-refractivity contribution is 6.30. The molecule has 3 nitrogen and oxygen atoms in total. The minimum Gasteiger partial charge on any atom is -0.354 e. The second-order valence-electron chi connectivity index (χ2n) is 8.45. The molecule has 0 bridgehead atoms. The van der Waals surface area contributed by atoms with Crippen molar-refractivity contribution in [2.45, 2.75) is 32.2 Å². The Morgan fingerprint density at radius 1 is 0.733 bits per heavy atom. The van der Waals surface area contributed by atoms with Gasteiger partial charge in [-0.2, -0.15) is 0 Å². The summed E-state index contributed by atoms with van der Waals surface area (Å²) >= 11 is 6.00. The van der Waals surface area contributed by atoms with Crippen molar-refractivity contribution >= 4 is 17.4 Å². The maximum atomic E-state index is 6.00. The molecular weight excluding hydrogens is 390 g/mol. The van der Waals surface area contributed by atoms with Crippen LogP contribution in [0.4, 0.5) is 5.82 Å². The van der Waals surface area contributed by atoms with Crippen LogP contribution in [0.15, 0.2) is 60.7 Å². The first-order chi connectivity index (χ1) is 14.7. The van der Waals surface area contributed by atoms with Gasteiger partial charge in [0.15, 0.2) is 0 Å². The average Bonchev–Trinajstić information content (AvgIpc) is 2.80. The van der Waals surface area contributed by atoms with E-state index in [4.69, 9.17) is 16.6 Å². The summed E-state index contributed by atoms with van der Waals surface area (Å²) in [7, 11) is 0. The Morgan fingerprint density at radius 3 is 2.13 bits per heavy atom. The van der Waals surface area contributed by atoms with Crippen LogP contribution >= 0.6 is 11.6 Å². The van der Waals surface area contributed by atoms with Crippen LogP contribution in [-0.2, 0) is 19.4 Å². The Hall–Kier alpha value is -2.36. The predicted molar refractivity (Wildman–Crippen MR) is 125 cm³/mol. The number of fused-ring (bicyclic) bond motifs is 1. The van der Waals surface area contributed by atoms with Crippen molar-refractivity contribution in [2.75, 3.05) is 31.1 Å². The number of aromatic nitrogens is 1. The Kier molecular flexibility index (Phi) is 5.74. The molecule has 4 heteroatoms. The number of halogens is 1. The summed E-state index contributed by atoms with van der Waals surface area (Å²) in [5.74, 6) is 1.17. The van der Waals surface area contributed by atoms with Gasteiger partial charge in [0.05, 0.1) is 0 Å². The van der Waals surface area contributed by atoms with E-state index in [2.05, 4.69) is 58.3 Å². The molecule has 154 valence electrons. The zero-order valence-corrected chi connectivity index (χ0v) is 18.1. The van der Waals surface area contributed by atoms with Crippen molar-refractivity contribution in [1.82, 2.24) is 9.88 Å². The van der Waals surface area contributed by atoms with E-state index in [0.717, 1.165) is 44.2 Å². The fourth-order valence-electron chi connectivity index (χ4n) is 4.58. The maximum Gasteiger partial charge on any atom is 0.128 e. The molecule has 1 fully saturated rings. The quantitative estimate of drug-likeness (QED) is 0.550. The van der Waals surface area contributed by atoms with Crippen LogP contribution in [0.3, 0.4) is 0 Å². The molecule has 5 rings (SSSR count). The van der Waals surface area contributed by atoms with Gasteiger partial charge in [0.1, 0.15) is 5.82 Å². The van der Waals surface area contributed by atoms with E-state index in [-0.39, 0.29) is 0 Å². The van der Waals surface area contributed by atoms with Crippen LogP contribution in [0.1, 0.15) is 29.7 Å². The van der Waals surface area contributed by atoms with Crippen LogP contribution in [0, 0.1) is 0 Å². The molecule has 2 aliphatic rings. The number of piperazine rings is 1. The van der Waals surface area contributed by atoms with Crippen molar-refractivity contribution in [3.63, 3.8) is 0 Å². The highest BCUT2D eigenvalue weighted by Crippen LogP contribution is 2.25. The monoisotopic (exact) mass is 417 g/mol. The third-order valence-corrected chi connectivity index (χ3v) is 6.65. The fourth-order valence-corrected chi connectivity index (χ4v) is 4.71. The molecule has 0 unspecified atom stereocenters. The lowest BCUT2D eigenvalue weighted by Crippen LogP contribution is -2.46. The Balaban J connectivity index is 1.18. The van der Waals surface area contributed by atoms with Gasteiger partial charge in [-0.05, 0) is 66.1 Å². The number of nitrogens with zero attached hydrogens (tertiary/aromatic N) is 3.